The number of nitrogens with zero attached hydrogens (tertiary/aromatic N) is 1. The maximum atomic E-state index is 12.7. The molecule has 0 aliphatic carbocycles. The second-order valence-corrected chi connectivity index (χ2v) is 6.48. The van der Waals surface area contributed by atoms with Crippen LogP contribution in [0.25, 0.3) is 22.0 Å². The molecule has 4 heteroatoms. The van der Waals surface area contributed by atoms with E-state index >= 15 is 0 Å². The highest BCUT2D eigenvalue weighted by atomic mass is 16.5. The van der Waals surface area contributed by atoms with Gasteiger partial charge in [0.2, 0.25) is 0 Å². The van der Waals surface area contributed by atoms with Gasteiger partial charge in [0.05, 0.1) is 11.1 Å². The van der Waals surface area contributed by atoms with Gasteiger partial charge in [-0.25, -0.2) is 0 Å². The summed E-state index contributed by atoms with van der Waals surface area (Å²) < 4.78 is 5.03. The lowest BCUT2D eigenvalue weighted by molar-refractivity contribution is 0.0950. The summed E-state index contributed by atoms with van der Waals surface area (Å²) in [5, 5.41) is 3.85. The Hall–Kier alpha value is -2.72. The highest BCUT2D eigenvalue weighted by Gasteiger charge is 2.14. The Morgan fingerprint density at radius 2 is 1.88 bits per heavy atom. The van der Waals surface area contributed by atoms with E-state index in [-0.39, 0.29) is 5.91 Å². The summed E-state index contributed by atoms with van der Waals surface area (Å²) in [6.07, 6.45) is 0.791. The Morgan fingerprint density at radius 3 is 2.62 bits per heavy atom. The van der Waals surface area contributed by atoms with Crippen molar-refractivity contribution in [3.05, 3.63) is 65.4 Å². The minimum absolute atomic E-state index is 0.0716. The number of carbonyl (C=O) groups excluding carboxylic acids is 1. The summed E-state index contributed by atoms with van der Waals surface area (Å²) in [6.45, 7) is 5.22. The normalized spacial score (nSPS) is 10.9. The lowest BCUT2D eigenvalue weighted by Gasteiger charge is -2.12. The third kappa shape index (κ3) is 3.92. The number of methoxy groups -OCH3 is 1. The molecule has 1 amide bonds. The number of amides is 1. The van der Waals surface area contributed by atoms with Gasteiger partial charge in [0.1, 0.15) is 0 Å². The van der Waals surface area contributed by atoms with Gasteiger partial charge in [0, 0.05) is 36.9 Å². The zero-order valence-corrected chi connectivity index (χ0v) is 15.5. The van der Waals surface area contributed by atoms with Gasteiger partial charge < -0.3 is 10.1 Å². The average Bonchev–Trinajstić information content (AvgIpc) is 2.64. The van der Waals surface area contributed by atoms with E-state index in [4.69, 9.17) is 9.72 Å². The van der Waals surface area contributed by atoms with E-state index in [1.165, 1.54) is 5.56 Å². The fourth-order valence-electron chi connectivity index (χ4n) is 3.04. The molecule has 0 radical (unpaired) electrons. The van der Waals surface area contributed by atoms with Crippen LogP contribution >= 0.6 is 0 Å². The van der Waals surface area contributed by atoms with Crippen molar-refractivity contribution in [2.75, 3.05) is 20.3 Å². The maximum absolute atomic E-state index is 12.7. The number of rotatable bonds is 6. The number of aryl methyl sites for hydroxylation is 2. The van der Waals surface area contributed by atoms with E-state index in [0.717, 1.165) is 34.1 Å². The fraction of sp³-hybridized carbons (Fsp3) is 0.273. The van der Waals surface area contributed by atoms with Crippen LogP contribution in [0.1, 0.15) is 28.0 Å². The van der Waals surface area contributed by atoms with Crippen molar-refractivity contribution in [3.63, 3.8) is 0 Å². The molecular formula is C22H24N2O2. The summed E-state index contributed by atoms with van der Waals surface area (Å²) in [4.78, 5) is 17.4. The molecule has 2 aromatic carbocycles. The van der Waals surface area contributed by atoms with Gasteiger partial charge in [-0.1, -0.05) is 48.0 Å². The molecule has 4 nitrogen and oxygen atoms in total. The number of fused-ring (bicyclic) bond motifs is 1. The molecule has 0 saturated carbocycles. The Bertz CT molecular complexity index is 917. The molecule has 3 aromatic rings. The van der Waals surface area contributed by atoms with Gasteiger partial charge in [0.25, 0.3) is 5.91 Å². The molecule has 0 bridgehead atoms. The van der Waals surface area contributed by atoms with Crippen molar-refractivity contribution < 1.29 is 9.53 Å². The highest BCUT2D eigenvalue weighted by Crippen LogP contribution is 2.29. The first-order valence-corrected chi connectivity index (χ1v) is 8.84. The molecule has 1 heterocycles. The van der Waals surface area contributed by atoms with Gasteiger partial charge >= 0.3 is 0 Å². The second-order valence-electron chi connectivity index (χ2n) is 6.48. The molecule has 0 aliphatic rings. The monoisotopic (exact) mass is 348 g/mol. The molecular weight excluding hydrogens is 324 g/mol. The predicted octanol–water partition coefficient (Wildman–Crippen LogP) is 4.28. The third-order valence-electron chi connectivity index (χ3n) is 4.39. The van der Waals surface area contributed by atoms with Crippen LogP contribution in [-0.4, -0.2) is 31.2 Å². The maximum Gasteiger partial charge on any atom is 0.252 e. The molecule has 1 N–H and O–H groups in total. The number of benzene rings is 2. The Balaban J connectivity index is 2.02. The van der Waals surface area contributed by atoms with Crippen LogP contribution in [0.2, 0.25) is 0 Å². The van der Waals surface area contributed by atoms with Crippen molar-refractivity contribution in [3.8, 4) is 11.1 Å². The van der Waals surface area contributed by atoms with Crippen LogP contribution < -0.4 is 5.32 Å². The summed E-state index contributed by atoms with van der Waals surface area (Å²) >= 11 is 0. The van der Waals surface area contributed by atoms with Crippen molar-refractivity contribution in [2.24, 2.45) is 0 Å². The first-order valence-electron chi connectivity index (χ1n) is 8.84. The fourth-order valence-corrected chi connectivity index (χ4v) is 3.04. The number of ether oxygens (including phenoxy) is 1. The first-order chi connectivity index (χ1) is 12.6. The Kier molecular flexibility index (Phi) is 5.64. The van der Waals surface area contributed by atoms with Gasteiger partial charge in [0.15, 0.2) is 0 Å². The van der Waals surface area contributed by atoms with E-state index in [1.807, 2.05) is 25.1 Å². The van der Waals surface area contributed by atoms with E-state index in [9.17, 15) is 4.79 Å². The Morgan fingerprint density at radius 1 is 1.12 bits per heavy atom. The predicted molar refractivity (Wildman–Crippen MR) is 105 cm³/mol. The number of hydrogen-bond donors (Lipinski definition) is 1. The quantitative estimate of drug-likeness (QED) is 0.676. The second kappa shape index (κ2) is 8.11. The SMILES string of the molecule is COCCCNC(=O)c1cc(C)nc2c(-c3ccc(C)cc3)cccc12. The zero-order chi connectivity index (χ0) is 18.5. The summed E-state index contributed by atoms with van der Waals surface area (Å²) in [7, 11) is 1.66. The smallest absolute Gasteiger partial charge is 0.252 e. The molecule has 134 valence electrons. The standard InChI is InChI=1S/C22H24N2O2/c1-15-8-10-17(11-9-15)18-6-4-7-19-20(14-16(2)24-21(18)19)22(25)23-12-5-13-26-3/h4,6-11,14H,5,12-13H2,1-3H3,(H,23,25). The molecule has 26 heavy (non-hydrogen) atoms. The van der Waals surface area contributed by atoms with Gasteiger partial charge in [-0.05, 0) is 31.9 Å². The molecule has 0 saturated heterocycles. The molecule has 3 rings (SSSR count). The van der Waals surface area contributed by atoms with Crippen molar-refractivity contribution >= 4 is 16.8 Å². The largest absolute Gasteiger partial charge is 0.385 e. The first kappa shape index (κ1) is 18.1. The number of pyridine rings is 1. The van der Waals surface area contributed by atoms with Gasteiger partial charge in [-0.15, -0.1) is 0 Å². The van der Waals surface area contributed by atoms with E-state index < -0.39 is 0 Å². The lowest BCUT2D eigenvalue weighted by atomic mass is 9.98. The van der Waals surface area contributed by atoms with Crippen LogP contribution in [0.4, 0.5) is 0 Å². The van der Waals surface area contributed by atoms with Crippen LogP contribution in [0.5, 0.6) is 0 Å². The summed E-state index contributed by atoms with van der Waals surface area (Å²) in [6, 6.07) is 16.2. The molecule has 0 unspecified atom stereocenters. The zero-order valence-electron chi connectivity index (χ0n) is 15.5. The van der Waals surface area contributed by atoms with Crippen LogP contribution in [0.3, 0.4) is 0 Å². The van der Waals surface area contributed by atoms with Crippen molar-refractivity contribution in [1.29, 1.82) is 0 Å². The lowest BCUT2D eigenvalue weighted by Crippen LogP contribution is -2.25. The summed E-state index contributed by atoms with van der Waals surface area (Å²) in [5.41, 5.74) is 5.72. The van der Waals surface area contributed by atoms with Gasteiger partial charge in [-0.2, -0.15) is 0 Å². The molecule has 0 aliphatic heterocycles. The third-order valence-corrected chi connectivity index (χ3v) is 4.39. The van der Waals surface area contributed by atoms with E-state index in [1.54, 1.807) is 7.11 Å². The van der Waals surface area contributed by atoms with Crippen LogP contribution in [0, 0.1) is 13.8 Å². The van der Waals surface area contributed by atoms with Gasteiger partial charge in [-0.3, -0.25) is 9.78 Å². The molecule has 1 aromatic heterocycles. The topological polar surface area (TPSA) is 51.2 Å². The van der Waals surface area contributed by atoms with E-state index in [2.05, 4.69) is 42.6 Å². The van der Waals surface area contributed by atoms with Crippen LogP contribution in [0.15, 0.2) is 48.5 Å². The summed E-state index contributed by atoms with van der Waals surface area (Å²) in [5.74, 6) is -0.0716. The average molecular weight is 348 g/mol. The highest BCUT2D eigenvalue weighted by molar-refractivity contribution is 6.09. The molecule has 0 spiro atoms. The number of carbonyl (C=O) groups is 1. The van der Waals surface area contributed by atoms with Crippen molar-refractivity contribution in [2.45, 2.75) is 20.3 Å². The van der Waals surface area contributed by atoms with Crippen molar-refractivity contribution in [1.82, 2.24) is 10.3 Å². The minimum Gasteiger partial charge on any atom is -0.385 e. The Labute approximate surface area is 154 Å². The number of para-hydroxylation sites is 1. The number of aromatic nitrogens is 1. The van der Waals surface area contributed by atoms with E-state index in [0.29, 0.717) is 18.7 Å². The number of nitrogens with one attached hydrogen (secondary N) is 1. The molecule has 0 atom stereocenters. The minimum atomic E-state index is -0.0716. The molecule has 0 fully saturated rings. The van der Waals surface area contributed by atoms with Crippen LogP contribution in [-0.2, 0) is 4.74 Å². The number of hydrogen-bond acceptors (Lipinski definition) is 3.